The van der Waals surface area contributed by atoms with E-state index < -0.39 is 20.2 Å². The quantitative estimate of drug-likeness (QED) is 0.840. The molecule has 1 aromatic rings. The highest BCUT2D eigenvalue weighted by Gasteiger charge is 2.30. The molecule has 0 spiro atoms. The molecule has 0 aromatic heterocycles. The van der Waals surface area contributed by atoms with Crippen LogP contribution >= 0.6 is 0 Å². The Bertz CT molecular complexity index is 517. The topological polar surface area (TPSA) is 49.7 Å². The molecule has 0 fully saturated rings. The molecule has 0 atom stereocenters. The number of benzene rings is 1. The van der Waals surface area contributed by atoms with Gasteiger partial charge in [-0.2, -0.15) is 0 Å². The van der Waals surface area contributed by atoms with Gasteiger partial charge >= 0.3 is 7.12 Å². The Balaban J connectivity index is 3.56. The zero-order chi connectivity index (χ0) is 17.3. The molecule has 0 aliphatic rings. The number of ether oxygens (including phenoxy) is 1. The van der Waals surface area contributed by atoms with E-state index in [2.05, 4.69) is 0 Å². The van der Waals surface area contributed by atoms with Gasteiger partial charge < -0.3 is 14.8 Å². The van der Waals surface area contributed by atoms with Crippen molar-refractivity contribution in [1.29, 1.82) is 0 Å². The van der Waals surface area contributed by atoms with Gasteiger partial charge in [0.2, 0.25) is 0 Å². The largest absolute Gasteiger partial charge is 0.492 e. The van der Waals surface area contributed by atoms with Crippen LogP contribution in [0.4, 0.5) is 8.78 Å². The minimum Gasteiger partial charge on any atom is -0.488 e. The predicted molar refractivity (Wildman–Crippen MR) is 85.2 cm³/mol. The molecule has 0 amide bonds. The Morgan fingerprint density at radius 2 is 1.59 bits per heavy atom. The van der Waals surface area contributed by atoms with Gasteiger partial charge in [-0.05, 0) is 22.0 Å². The standard InChI is InChI=1S/C16H25BF2O3/c1-15(2,3)10-7-11(16(4,5)6)14(22-9-13(18)19)12(8-10)17(20)21/h7-8,13,20-21H,9H2,1-6H3. The summed E-state index contributed by atoms with van der Waals surface area (Å²) in [7, 11) is -1.78. The molecule has 1 aromatic carbocycles. The first kappa shape index (κ1) is 18.9. The van der Waals surface area contributed by atoms with Crippen molar-refractivity contribution in [3.63, 3.8) is 0 Å². The van der Waals surface area contributed by atoms with Gasteiger partial charge in [-0.25, -0.2) is 8.78 Å². The van der Waals surface area contributed by atoms with Gasteiger partial charge in [0.1, 0.15) is 12.4 Å². The highest BCUT2D eigenvalue weighted by molar-refractivity contribution is 6.59. The molecular formula is C16H25BF2O3. The Morgan fingerprint density at radius 1 is 1.05 bits per heavy atom. The van der Waals surface area contributed by atoms with Crippen LogP contribution in [0.5, 0.6) is 5.75 Å². The maximum absolute atomic E-state index is 12.5. The van der Waals surface area contributed by atoms with E-state index in [-0.39, 0.29) is 22.0 Å². The maximum atomic E-state index is 12.5. The van der Waals surface area contributed by atoms with Crippen molar-refractivity contribution in [2.45, 2.75) is 58.8 Å². The van der Waals surface area contributed by atoms with E-state index in [0.29, 0.717) is 5.56 Å². The van der Waals surface area contributed by atoms with Crippen molar-refractivity contribution < 1.29 is 23.6 Å². The van der Waals surface area contributed by atoms with Gasteiger partial charge in [-0.15, -0.1) is 0 Å². The number of hydrogen-bond acceptors (Lipinski definition) is 3. The third-order valence-electron chi connectivity index (χ3n) is 3.42. The van der Waals surface area contributed by atoms with Crippen LogP contribution in [-0.2, 0) is 10.8 Å². The van der Waals surface area contributed by atoms with Crippen LogP contribution in [0, 0.1) is 0 Å². The van der Waals surface area contributed by atoms with Crippen LogP contribution in [0.15, 0.2) is 12.1 Å². The highest BCUT2D eigenvalue weighted by Crippen LogP contribution is 2.34. The van der Waals surface area contributed by atoms with Crippen molar-refractivity contribution in [2.75, 3.05) is 6.61 Å². The monoisotopic (exact) mass is 314 g/mol. The summed E-state index contributed by atoms with van der Waals surface area (Å²) in [5.41, 5.74) is 1.10. The lowest BCUT2D eigenvalue weighted by Crippen LogP contribution is -2.35. The van der Waals surface area contributed by atoms with E-state index in [0.717, 1.165) is 5.56 Å². The van der Waals surface area contributed by atoms with Gasteiger partial charge in [0.15, 0.2) is 0 Å². The van der Waals surface area contributed by atoms with Crippen molar-refractivity contribution in [1.82, 2.24) is 0 Å². The van der Waals surface area contributed by atoms with Crippen LogP contribution in [-0.4, -0.2) is 30.2 Å². The van der Waals surface area contributed by atoms with E-state index in [1.54, 1.807) is 6.07 Å². The first-order valence-electron chi connectivity index (χ1n) is 7.30. The number of hydrogen-bond donors (Lipinski definition) is 2. The molecule has 0 saturated carbocycles. The molecule has 0 saturated heterocycles. The molecule has 2 N–H and O–H groups in total. The molecule has 0 bridgehead atoms. The van der Waals surface area contributed by atoms with Gasteiger partial charge in [-0.3, -0.25) is 0 Å². The number of alkyl halides is 2. The van der Waals surface area contributed by atoms with Crippen molar-refractivity contribution in [3.8, 4) is 5.75 Å². The van der Waals surface area contributed by atoms with Gasteiger partial charge in [-0.1, -0.05) is 53.7 Å². The second-order valence-electron chi connectivity index (χ2n) is 7.52. The summed E-state index contributed by atoms with van der Waals surface area (Å²) in [5, 5.41) is 19.3. The maximum Gasteiger partial charge on any atom is 0.492 e. The average molecular weight is 314 g/mol. The first-order chi connectivity index (χ1) is 9.84. The van der Waals surface area contributed by atoms with E-state index in [1.807, 2.05) is 47.6 Å². The van der Waals surface area contributed by atoms with Crippen LogP contribution in [0.3, 0.4) is 0 Å². The van der Waals surface area contributed by atoms with Gasteiger partial charge in [0, 0.05) is 5.46 Å². The van der Waals surface area contributed by atoms with Gasteiger partial charge in [0.05, 0.1) is 0 Å². The highest BCUT2D eigenvalue weighted by atomic mass is 19.3. The van der Waals surface area contributed by atoms with E-state index in [1.165, 1.54) is 0 Å². The molecular weight excluding hydrogens is 289 g/mol. The fourth-order valence-corrected chi connectivity index (χ4v) is 2.14. The fourth-order valence-electron chi connectivity index (χ4n) is 2.14. The molecule has 124 valence electrons. The summed E-state index contributed by atoms with van der Waals surface area (Å²) in [5.74, 6) is 0.135. The summed E-state index contributed by atoms with van der Waals surface area (Å²) < 4.78 is 30.2. The average Bonchev–Trinajstić information content (AvgIpc) is 2.32. The summed E-state index contributed by atoms with van der Waals surface area (Å²) >= 11 is 0. The van der Waals surface area contributed by atoms with E-state index in [4.69, 9.17) is 4.74 Å². The summed E-state index contributed by atoms with van der Waals surface area (Å²) in [6.07, 6.45) is -2.63. The molecule has 0 aliphatic heterocycles. The van der Waals surface area contributed by atoms with Crippen molar-refractivity contribution in [3.05, 3.63) is 23.3 Å². The third kappa shape index (κ3) is 4.68. The molecule has 0 unspecified atom stereocenters. The second-order valence-corrected chi connectivity index (χ2v) is 7.52. The lowest BCUT2D eigenvalue weighted by atomic mass is 9.71. The van der Waals surface area contributed by atoms with Gasteiger partial charge in [0.25, 0.3) is 6.43 Å². The number of rotatable bonds is 4. The Hall–Kier alpha value is -1.14. The first-order valence-corrected chi connectivity index (χ1v) is 7.30. The summed E-state index contributed by atoms with van der Waals surface area (Å²) in [6, 6.07) is 3.51. The van der Waals surface area contributed by atoms with Crippen LogP contribution in [0.25, 0.3) is 0 Å². The van der Waals surface area contributed by atoms with Crippen LogP contribution in [0.1, 0.15) is 52.7 Å². The molecule has 0 heterocycles. The zero-order valence-corrected chi connectivity index (χ0v) is 14.1. The zero-order valence-electron chi connectivity index (χ0n) is 14.1. The van der Waals surface area contributed by atoms with E-state index >= 15 is 0 Å². The minimum absolute atomic E-state index is 0.123. The molecule has 0 aliphatic carbocycles. The molecule has 0 radical (unpaired) electrons. The Labute approximate surface area is 131 Å². The second kappa shape index (κ2) is 6.55. The predicted octanol–water partition coefficient (Wildman–Crippen LogP) is 2.61. The van der Waals surface area contributed by atoms with Crippen molar-refractivity contribution >= 4 is 12.6 Å². The van der Waals surface area contributed by atoms with Crippen LogP contribution < -0.4 is 10.2 Å². The lowest BCUT2D eigenvalue weighted by molar-refractivity contribution is 0.0813. The van der Waals surface area contributed by atoms with E-state index in [9.17, 15) is 18.8 Å². The molecule has 1 rings (SSSR count). The normalized spacial score (nSPS) is 12.7. The summed E-state index contributed by atoms with van der Waals surface area (Å²) in [6.45, 7) is 11.0. The Kier molecular flexibility index (Phi) is 5.63. The third-order valence-corrected chi connectivity index (χ3v) is 3.42. The molecule has 22 heavy (non-hydrogen) atoms. The molecule has 6 heteroatoms. The summed E-state index contributed by atoms with van der Waals surface area (Å²) in [4.78, 5) is 0. The number of halogens is 2. The Morgan fingerprint density at radius 3 is 1.95 bits per heavy atom. The SMILES string of the molecule is CC(C)(C)c1cc(B(O)O)c(OCC(F)F)c(C(C)(C)C)c1. The van der Waals surface area contributed by atoms with Crippen molar-refractivity contribution in [2.24, 2.45) is 0 Å². The molecule has 3 nitrogen and oxygen atoms in total. The minimum atomic E-state index is -2.63. The van der Waals surface area contributed by atoms with Crippen LogP contribution in [0.2, 0.25) is 0 Å². The smallest absolute Gasteiger partial charge is 0.488 e. The lowest BCUT2D eigenvalue weighted by Gasteiger charge is -2.29. The fraction of sp³-hybridized carbons (Fsp3) is 0.625.